The molecule has 0 saturated carbocycles. The molecule has 0 radical (unpaired) electrons. The van der Waals surface area contributed by atoms with Crippen LogP contribution in [0.4, 0.5) is 0 Å². The topological polar surface area (TPSA) is 52.6 Å². The Morgan fingerprint density at radius 2 is 1.33 bits per heavy atom. The molecule has 1 aliphatic rings. The van der Waals surface area contributed by atoms with Gasteiger partial charge in [0.2, 0.25) is 0 Å². The standard InChI is InChI=1S/C4H4O2.CO2/c1-2-4-6-5-3-1;2-1-3/h1-4H;. The molecule has 4 heteroatoms. The normalized spacial score (nSPS) is 11.6. The zero-order valence-electron chi connectivity index (χ0n) is 4.44. The Bertz CT molecular complexity index is 129. The van der Waals surface area contributed by atoms with Crippen LogP contribution < -0.4 is 0 Å². The van der Waals surface area contributed by atoms with Crippen molar-refractivity contribution in [1.29, 1.82) is 0 Å². The van der Waals surface area contributed by atoms with E-state index in [9.17, 15) is 0 Å². The van der Waals surface area contributed by atoms with Gasteiger partial charge >= 0.3 is 6.15 Å². The molecule has 0 atom stereocenters. The highest BCUT2D eigenvalue weighted by Gasteiger charge is 1.75. The molecule has 0 saturated heterocycles. The van der Waals surface area contributed by atoms with Crippen LogP contribution in [0.25, 0.3) is 0 Å². The largest absolute Gasteiger partial charge is 0.373 e. The first kappa shape index (κ1) is 7.46. The fourth-order valence-electron chi connectivity index (χ4n) is 0.219. The third-order valence-electron chi connectivity index (χ3n) is 0.435. The lowest BCUT2D eigenvalue weighted by Gasteiger charge is -1.94. The molecule has 1 rings (SSSR count). The summed E-state index contributed by atoms with van der Waals surface area (Å²) in [4.78, 5) is 24.9. The fraction of sp³-hybridized carbons (Fsp3) is 0. The molecule has 0 N–H and O–H groups in total. The fourth-order valence-corrected chi connectivity index (χ4v) is 0.219. The Labute approximate surface area is 51.3 Å². The van der Waals surface area contributed by atoms with Crippen LogP contribution in [-0.4, -0.2) is 6.15 Å². The van der Waals surface area contributed by atoms with Crippen molar-refractivity contribution < 1.29 is 19.4 Å². The summed E-state index contributed by atoms with van der Waals surface area (Å²) in [6.07, 6.45) is 6.65. The third kappa shape index (κ3) is 6.46. The van der Waals surface area contributed by atoms with E-state index >= 15 is 0 Å². The highest BCUT2D eigenvalue weighted by molar-refractivity contribution is 5.20. The van der Waals surface area contributed by atoms with Gasteiger partial charge in [0.15, 0.2) is 0 Å². The lowest BCUT2D eigenvalue weighted by Crippen LogP contribution is -1.78. The smallest absolute Gasteiger partial charge is 0.299 e. The number of carbonyl (C=O) groups excluding carboxylic acids is 2. The summed E-state index contributed by atoms with van der Waals surface area (Å²) in [5.74, 6) is 0. The van der Waals surface area contributed by atoms with Gasteiger partial charge in [-0.05, 0) is 12.2 Å². The zero-order valence-corrected chi connectivity index (χ0v) is 4.44. The van der Waals surface area contributed by atoms with Crippen LogP contribution in [0.3, 0.4) is 0 Å². The molecule has 0 bridgehead atoms. The molecular formula is C5H4O4. The van der Waals surface area contributed by atoms with Crippen LogP contribution in [0.1, 0.15) is 0 Å². The third-order valence-corrected chi connectivity index (χ3v) is 0.435. The van der Waals surface area contributed by atoms with Crippen LogP contribution in [0, 0.1) is 0 Å². The molecule has 48 valence electrons. The zero-order chi connectivity index (χ0) is 6.95. The molecular weight excluding hydrogens is 124 g/mol. The summed E-state index contributed by atoms with van der Waals surface area (Å²) in [5, 5.41) is 0. The van der Waals surface area contributed by atoms with E-state index in [1.807, 2.05) is 0 Å². The average Bonchev–Trinajstić information content (AvgIpc) is 1.93. The number of hydrogen-bond acceptors (Lipinski definition) is 4. The number of allylic oxidation sites excluding steroid dienone is 2. The van der Waals surface area contributed by atoms with E-state index in [-0.39, 0.29) is 6.15 Å². The van der Waals surface area contributed by atoms with Gasteiger partial charge in [-0.1, -0.05) is 0 Å². The van der Waals surface area contributed by atoms with E-state index in [1.165, 1.54) is 12.5 Å². The van der Waals surface area contributed by atoms with Crippen molar-refractivity contribution in [1.82, 2.24) is 0 Å². The highest BCUT2D eigenvalue weighted by Crippen LogP contribution is 1.89. The maximum absolute atomic E-state index is 8.12. The van der Waals surface area contributed by atoms with Gasteiger partial charge in [0.25, 0.3) is 0 Å². The van der Waals surface area contributed by atoms with E-state index < -0.39 is 0 Å². The Morgan fingerprint density at radius 1 is 1.00 bits per heavy atom. The Balaban J connectivity index is 0.000000187. The minimum absolute atomic E-state index is 0.250. The van der Waals surface area contributed by atoms with E-state index in [2.05, 4.69) is 9.78 Å². The SMILES string of the molecule is C1=COOC=C1.O=C=O. The predicted octanol–water partition coefficient (Wildman–Crippen LogP) is 0.392. The molecule has 0 spiro atoms. The van der Waals surface area contributed by atoms with Crippen molar-refractivity contribution in [2.75, 3.05) is 0 Å². The first-order valence-electron chi connectivity index (χ1n) is 2.05. The van der Waals surface area contributed by atoms with Gasteiger partial charge in [-0.3, -0.25) is 9.78 Å². The van der Waals surface area contributed by atoms with Crippen molar-refractivity contribution in [2.24, 2.45) is 0 Å². The van der Waals surface area contributed by atoms with Crippen LogP contribution in [0.2, 0.25) is 0 Å². The van der Waals surface area contributed by atoms with Crippen LogP contribution in [0.5, 0.6) is 0 Å². The summed E-state index contributed by atoms with van der Waals surface area (Å²) < 4.78 is 0. The first-order chi connectivity index (χ1) is 4.41. The van der Waals surface area contributed by atoms with E-state index in [1.54, 1.807) is 12.2 Å². The minimum Gasteiger partial charge on any atom is -0.299 e. The molecule has 0 aliphatic carbocycles. The van der Waals surface area contributed by atoms with E-state index in [4.69, 9.17) is 9.59 Å². The summed E-state index contributed by atoms with van der Waals surface area (Å²) in [5.41, 5.74) is 0. The van der Waals surface area contributed by atoms with Crippen molar-refractivity contribution in [3.63, 3.8) is 0 Å². The maximum atomic E-state index is 8.12. The van der Waals surface area contributed by atoms with E-state index in [0.717, 1.165) is 0 Å². The second kappa shape index (κ2) is 6.46. The molecule has 0 aromatic heterocycles. The van der Waals surface area contributed by atoms with Gasteiger partial charge in [-0.2, -0.15) is 9.59 Å². The molecule has 0 aromatic rings. The lowest BCUT2D eigenvalue weighted by atomic mass is 10.6. The van der Waals surface area contributed by atoms with Gasteiger partial charge in [-0.15, -0.1) is 0 Å². The Morgan fingerprint density at radius 3 is 1.44 bits per heavy atom. The maximum Gasteiger partial charge on any atom is 0.373 e. The Kier molecular flexibility index (Phi) is 5.35. The van der Waals surface area contributed by atoms with Crippen LogP contribution in [0.15, 0.2) is 24.7 Å². The van der Waals surface area contributed by atoms with E-state index in [0.29, 0.717) is 0 Å². The average molecular weight is 128 g/mol. The predicted molar refractivity (Wildman–Crippen MR) is 25.5 cm³/mol. The summed E-state index contributed by atoms with van der Waals surface area (Å²) >= 11 is 0. The van der Waals surface area contributed by atoms with Crippen molar-refractivity contribution in [3.8, 4) is 0 Å². The molecule has 0 unspecified atom stereocenters. The second-order valence-electron chi connectivity index (χ2n) is 0.933. The number of rotatable bonds is 0. The van der Waals surface area contributed by atoms with Crippen LogP contribution >= 0.6 is 0 Å². The van der Waals surface area contributed by atoms with Crippen LogP contribution in [-0.2, 0) is 19.4 Å². The van der Waals surface area contributed by atoms with Gasteiger partial charge < -0.3 is 0 Å². The van der Waals surface area contributed by atoms with Crippen molar-refractivity contribution >= 4 is 6.15 Å². The molecule has 0 fully saturated rings. The van der Waals surface area contributed by atoms with Crippen molar-refractivity contribution in [3.05, 3.63) is 24.7 Å². The minimum atomic E-state index is 0.250. The summed E-state index contributed by atoms with van der Waals surface area (Å²) in [6, 6.07) is 0. The molecule has 1 heterocycles. The summed E-state index contributed by atoms with van der Waals surface area (Å²) in [7, 11) is 0. The monoisotopic (exact) mass is 128 g/mol. The highest BCUT2D eigenvalue weighted by atomic mass is 17.2. The second-order valence-corrected chi connectivity index (χ2v) is 0.933. The Hall–Kier alpha value is -1.54. The summed E-state index contributed by atoms with van der Waals surface area (Å²) in [6.45, 7) is 0. The van der Waals surface area contributed by atoms with Gasteiger partial charge in [0.1, 0.15) is 12.5 Å². The van der Waals surface area contributed by atoms with Gasteiger partial charge in [-0.25, -0.2) is 0 Å². The molecule has 0 amide bonds. The molecule has 4 nitrogen and oxygen atoms in total. The molecule has 0 aromatic carbocycles. The van der Waals surface area contributed by atoms with Gasteiger partial charge in [0, 0.05) is 0 Å². The first-order valence-corrected chi connectivity index (χ1v) is 2.05. The molecule has 9 heavy (non-hydrogen) atoms. The number of hydrogen-bond donors (Lipinski definition) is 0. The van der Waals surface area contributed by atoms with Gasteiger partial charge in [0.05, 0.1) is 0 Å². The lowest BCUT2D eigenvalue weighted by molar-refractivity contribution is -0.198. The quantitative estimate of drug-likeness (QED) is 0.443. The molecule has 1 aliphatic heterocycles. The van der Waals surface area contributed by atoms with Crippen molar-refractivity contribution in [2.45, 2.75) is 0 Å².